The van der Waals surface area contributed by atoms with Gasteiger partial charge in [-0.05, 0) is 25.0 Å². The molecular weight excluding hydrogens is 214 g/mol. The van der Waals surface area contributed by atoms with Crippen LogP contribution in [-0.2, 0) is 9.59 Å². The van der Waals surface area contributed by atoms with Gasteiger partial charge in [0.2, 0.25) is 5.91 Å². The van der Waals surface area contributed by atoms with Crippen LogP contribution in [0.25, 0.3) is 0 Å². The third kappa shape index (κ3) is 4.02. The maximum Gasteiger partial charge on any atom is 0.234 e. The van der Waals surface area contributed by atoms with Gasteiger partial charge in [0.25, 0.3) is 0 Å². The molecule has 0 aliphatic carbocycles. The van der Waals surface area contributed by atoms with Crippen molar-refractivity contribution in [2.45, 2.75) is 33.1 Å². The van der Waals surface area contributed by atoms with Crippen molar-refractivity contribution in [3.8, 4) is 0 Å². The van der Waals surface area contributed by atoms with Gasteiger partial charge in [-0.2, -0.15) is 0 Å². The van der Waals surface area contributed by atoms with Gasteiger partial charge in [-0.1, -0.05) is 32.0 Å². The van der Waals surface area contributed by atoms with Gasteiger partial charge >= 0.3 is 0 Å². The van der Waals surface area contributed by atoms with Crippen LogP contribution in [0.2, 0.25) is 0 Å². The summed E-state index contributed by atoms with van der Waals surface area (Å²) < 4.78 is 0. The van der Waals surface area contributed by atoms with E-state index in [1.807, 2.05) is 44.2 Å². The summed E-state index contributed by atoms with van der Waals surface area (Å²) in [5.74, 6) is -0.685. The highest BCUT2D eigenvalue weighted by Gasteiger charge is 2.23. The number of rotatable bonds is 6. The predicted molar refractivity (Wildman–Crippen MR) is 68.8 cm³/mol. The molecule has 17 heavy (non-hydrogen) atoms. The average Bonchev–Trinajstić information content (AvgIpc) is 2.31. The fraction of sp³-hybridized carbons (Fsp3) is 0.429. The molecule has 0 aliphatic rings. The summed E-state index contributed by atoms with van der Waals surface area (Å²) in [4.78, 5) is 23.7. The first kappa shape index (κ1) is 13.4. The van der Waals surface area contributed by atoms with Crippen molar-refractivity contribution in [1.29, 1.82) is 0 Å². The maximum atomic E-state index is 11.9. The topological polar surface area (TPSA) is 46.2 Å². The van der Waals surface area contributed by atoms with Gasteiger partial charge in [-0.3, -0.25) is 9.59 Å². The molecule has 3 heteroatoms. The number of carbonyl (C=O) groups excluding carboxylic acids is 2. The van der Waals surface area contributed by atoms with Crippen LogP contribution in [-0.4, -0.2) is 11.7 Å². The molecule has 0 radical (unpaired) electrons. The van der Waals surface area contributed by atoms with E-state index in [1.54, 1.807) is 0 Å². The first-order chi connectivity index (χ1) is 8.19. The van der Waals surface area contributed by atoms with Crippen LogP contribution >= 0.6 is 0 Å². The first-order valence-electron chi connectivity index (χ1n) is 6.07. The number of amides is 1. The quantitative estimate of drug-likeness (QED) is 0.768. The molecule has 1 aromatic rings. The molecule has 0 heterocycles. The third-order valence-electron chi connectivity index (χ3n) is 2.65. The van der Waals surface area contributed by atoms with Crippen LogP contribution in [0.5, 0.6) is 0 Å². The van der Waals surface area contributed by atoms with Gasteiger partial charge in [-0.25, -0.2) is 0 Å². The lowest BCUT2D eigenvalue weighted by molar-refractivity contribution is -0.131. The molecule has 0 bridgehead atoms. The molecule has 1 N–H and O–H groups in total. The second-order valence-electron chi connectivity index (χ2n) is 4.03. The number of ketones is 1. The number of hydrogen-bond acceptors (Lipinski definition) is 2. The summed E-state index contributed by atoms with van der Waals surface area (Å²) in [6.07, 6.45) is 1.81. The summed E-state index contributed by atoms with van der Waals surface area (Å²) in [6, 6.07) is 9.22. The van der Waals surface area contributed by atoms with E-state index in [9.17, 15) is 9.59 Å². The highest BCUT2D eigenvalue weighted by atomic mass is 16.2. The molecule has 1 rings (SSSR count). The number of para-hydroxylation sites is 1. The average molecular weight is 233 g/mol. The zero-order chi connectivity index (χ0) is 12.7. The summed E-state index contributed by atoms with van der Waals surface area (Å²) in [7, 11) is 0. The second-order valence-corrected chi connectivity index (χ2v) is 4.03. The van der Waals surface area contributed by atoms with Gasteiger partial charge in [0, 0.05) is 12.1 Å². The minimum atomic E-state index is -0.518. The Labute approximate surface area is 102 Å². The molecule has 0 spiro atoms. The molecule has 1 aromatic carbocycles. The van der Waals surface area contributed by atoms with Gasteiger partial charge in [0.05, 0.1) is 5.92 Å². The molecule has 3 nitrogen and oxygen atoms in total. The Hall–Kier alpha value is -1.64. The van der Waals surface area contributed by atoms with Crippen LogP contribution in [0.15, 0.2) is 30.3 Å². The van der Waals surface area contributed by atoms with E-state index >= 15 is 0 Å². The Morgan fingerprint density at radius 3 is 2.35 bits per heavy atom. The third-order valence-corrected chi connectivity index (χ3v) is 2.65. The van der Waals surface area contributed by atoms with Crippen LogP contribution in [0.4, 0.5) is 5.69 Å². The summed E-state index contributed by atoms with van der Waals surface area (Å²) in [5, 5.41) is 2.77. The van der Waals surface area contributed by atoms with E-state index in [1.165, 1.54) is 0 Å². The molecule has 1 unspecified atom stereocenters. The number of carbonyl (C=O) groups is 2. The number of Topliss-reactive ketones (excluding diaryl/α,β-unsaturated/α-hetero) is 1. The van der Waals surface area contributed by atoms with Crippen molar-refractivity contribution in [2.75, 3.05) is 5.32 Å². The number of hydrogen-bond donors (Lipinski definition) is 1. The Morgan fingerprint density at radius 2 is 1.82 bits per heavy atom. The van der Waals surface area contributed by atoms with E-state index in [-0.39, 0.29) is 11.7 Å². The van der Waals surface area contributed by atoms with Gasteiger partial charge < -0.3 is 5.32 Å². The number of nitrogens with one attached hydrogen (secondary N) is 1. The summed E-state index contributed by atoms with van der Waals surface area (Å²) in [6.45, 7) is 3.81. The van der Waals surface area contributed by atoms with E-state index in [2.05, 4.69) is 5.32 Å². The minimum Gasteiger partial charge on any atom is -0.325 e. The second kappa shape index (κ2) is 6.84. The maximum absolute atomic E-state index is 11.9. The smallest absolute Gasteiger partial charge is 0.234 e. The Balaban J connectivity index is 2.64. The van der Waals surface area contributed by atoms with Gasteiger partial charge in [0.15, 0.2) is 0 Å². The van der Waals surface area contributed by atoms with Crippen molar-refractivity contribution < 1.29 is 9.59 Å². The Bertz CT molecular complexity index is 373. The van der Waals surface area contributed by atoms with Crippen LogP contribution in [0.3, 0.4) is 0 Å². The molecule has 0 aliphatic heterocycles. The molecule has 0 saturated heterocycles. The van der Waals surface area contributed by atoms with E-state index in [0.29, 0.717) is 12.8 Å². The van der Waals surface area contributed by atoms with Crippen LogP contribution in [0.1, 0.15) is 33.1 Å². The normalized spacial score (nSPS) is 11.9. The standard InChI is InChI=1S/C14H19NO2/c1-3-8-13(16)12(4-2)14(17)15-11-9-6-5-7-10-11/h5-7,9-10,12H,3-4,8H2,1-2H3,(H,15,17). The van der Waals surface area contributed by atoms with Crippen molar-refractivity contribution in [1.82, 2.24) is 0 Å². The van der Waals surface area contributed by atoms with E-state index < -0.39 is 5.92 Å². The van der Waals surface area contributed by atoms with Crippen molar-refractivity contribution in [3.63, 3.8) is 0 Å². The zero-order valence-corrected chi connectivity index (χ0v) is 10.4. The lowest BCUT2D eigenvalue weighted by Crippen LogP contribution is -2.29. The minimum absolute atomic E-state index is 0.0310. The van der Waals surface area contributed by atoms with Gasteiger partial charge in [0.1, 0.15) is 5.78 Å². The Kier molecular flexibility index (Phi) is 5.40. The first-order valence-corrected chi connectivity index (χ1v) is 6.07. The predicted octanol–water partition coefficient (Wildman–Crippen LogP) is 3.02. The van der Waals surface area contributed by atoms with Crippen LogP contribution < -0.4 is 5.32 Å². The monoisotopic (exact) mass is 233 g/mol. The summed E-state index contributed by atoms with van der Waals surface area (Å²) >= 11 is 0. The molecule has 0 fully saturated rings. The lowest BCUT2D eigenvalue weighted by atomic mass is 9.97. The van der Waals surface area contributed by atoms with E-state index in [0.717, 1.165) is 12.1 Å². The van der Waals surface area contributed by atoms with Crippen LogP contribution in [0, 0.1) is 5.92 Å². The fourth-order valence-corrected chi connectivity index (χ4v) is 1.73. The molecule has 0 aromatic heterocycles. The fourth-order valence-electron chi connectivity index (χ4n) is 1.73. The molecule has 1 amide bonds. The van der Waals surface area contributed by atoms with Crippen molar-refractivity contribution >= 4 is 17.4 Å². The van der Waals surface area contributed by atoms with Gasteiger partial charge in [-0.15, -0.1) is 0 Å². The zero-order valence-electron chi connectivity index (χ0n) is 10.4. The molecule has 0 saturated carbocycles. The summed E-state index contributed by atoms with van der Waals surface area (Å²) in [5.41, 5.74) is 0.736. The number of benzene rings is 1. The lowest BCUT2D eigenvalue weighted by Gasteiger charge is -2.13. The number of anilines is 1. The van der Waals surface area contributed by atoms with Crippen molar-refractivity contribution in [3.05, 3.63) is 30.3 Å². The molecule has 1 atom stereocenters. The highest BCUT2D eigenvalue weighted by Crippen LogP contribution is 2.13. The largest absolute Gasteiger partial charge is 0.325 e. The molecule has 92 valence electrons. The highest BCUT2D eigenvalue weighted by molar-refractivity contribution is 6.07. The van der Waals surface area contributed by atoms with Crippen molar-refractivity contribution in [2.24, 2.45) is 5.92 Å². The SMILES string of the molecule is CCCC(=O)C(CC)C(=O)Nc1ccccc1. The van der Waals surface area contributed by atoms with E-state index in [4.69, 9.17) is 0 Å². The Morgan fingerprint density at radius 1 is 1.18 bits per heavy atom. The molecular formula is C14H19NO2.